The van der Waals surface area contributed by atoms with Crippen LogP contribution in [0, 0.1) is 11.7 Å². The highest BCUT2D eigenvalue weighted by Gasteiger charge is 2.27. The predicted octanol–water partition coefficient (Wildman–Crippen LogP) is 3.86. The van der Waals surface area contributed by atoms with Gasteiger partial charge >= 0.3 is 5.97 Å². The molecule has 1 heterocycles. The zero-order valence-electron chi connectivity index (χ0n) is 14.5. The number of carboxylic acid groups (broad SMARTS) is 1. The van der Waals surface area contributed by atoms with Crippen LogP contribution in [0.5, 0.6) is 0 Å². The van der Waals surface area contributed by atoms with E-state index in [1.165, 1.54) is 6.07 Å². The molecule has 0 saturated carbocycles. The third-order valence-electron chi connectivity index (χ3n) is 4.86. The fraction of sp³-hybridized carbons (Fsp3) is 0.333. The van der Waals surface area contributed by atoms with Crippen LogP contribution in [0.25, 0.3) is 11.1 Å². The molecule has 3 rings (SSSR count). The summed E-state index contributed by atoms with van der Waals surface area (Å²) in [5.74, 6) is -1.51. The Labute approximate surface area is 152 Å². The highest BCUT2D eigenvalue weighted by molar-refractivity contribution is 5.98. The normalized spacial score (nSPS) is 17.8. The van der Waals surface area contributed by atoms with Crippen LogP contribution in [0.1, 0.15) is 29.6 Å². The number of piperidine rings is 1. The summed E-state index contributed by atoms with van der Waals surface area (Å²) in [5, 5.41) is 8.81. The van der Waals surface area contributed by atoms with Gasteiger partial charge in [0.1, 0.15) is 5.82 Å². The molecular formula is C21H22FNO3. The standard InChI is InChI=1S/C21H22FNO3/c22-19-13-16(8-9-18(19)15-5-2-1-3-6-15)21(26)17-7-4-11-23(14-17)12-10-20(24)25/h1-3,5-6,8-9,13,17H,4,7,10-12,14H2,(H,24,25)/t17-/m0/s1. The lowest BCUT2D eigenvalue weighted by Gasteiger charge is -2.31. The van der Waals surface area contributed by atoms with Gasteiger partial charge in [0.2, 0.25) is 0 Å². The number of benzene rings is 2. The first-order valence-corrected chi connectivity index (χ1v) is 8.88. The molecule has 2 aromatic carbocycles. The van der Waals surface area contributed by atoms with Crippen molar-refractivity contribution in [3.05, 3.63) is 59.9 Å². The quantitative estimate of drug-likeness (QED) is 0.800. The van der Waals surface area contributed by atoms with Crippen molar-refractivity contribution in [2.75, 3.05) is 19.6 Å². The molecule has 0 aliphatic carbocycles. The number of hydrogen-bond donors (Lipinski definition) is 1. The van der Waals surface area contributed by atoms with Gasteiger partial charge in [-0.2, -0.15) is 0 Å². The van der Waals surface area contributed by atoms with Gasteiger partial charge in [-0.25, -0.2) is 4.39 Å². The summed E-state index contributed by atoms with van der Waals surface area (Å²) in [5.41, 5.74) is 1.64. The van der Waals surface area contributed by atoms with Gasteiger partial charge in [0.05, 0.1) is 6.42 Å². The van der Waals surface area contributed by atoms with E-state index in [0.29, 0.717) is 24.2 Å². The number of hydrogen-bond acceptors (Lipinski definition) is 3. The molecule has 0 amide bonds. The van der Waals surface area contributed by atoms with Crippen LogP contribution in [0.15, 0.2) is 48.5 Å². The lowest BCUT2D eigenvalue weighted by atomic mass is 9.89. The second-order valence-corrected chi connectivity index (χ2v) is 6.71. The molecule has 0 unspecified atom stereocenters. The molecule has 5 heteroatoms. The van der Waals surface area contributed by atoms with Crippen LogP contribution in [0.2, 0.25) is 0 Å². The Hall–Kier alpha value is -2.53. The summed E-state index contributed by atoms with van der Waals surface area (Å²) < 4.78 is 14.5. The third-order valence-corrected chi connectivity index (χ3v) is 4.86. The number of aliphatic carboxylic acids is 1. The molecule has 136 valence electrons. The average Bonchev–Trinajstić information content (AvgIpc) is 2.66. The number of halogens is 1. The van der Waals surface area contributed by atoms with Crippen molar-refractivity contribution in [1.29, 1.82) is 0 Å². The predicted molar refractivity (Wildman–Crippen MR) is 97.6 cm³/mol. The first-order chi connectivity index (χ1) is 12.5. The van der Waals surface area contributed by atoms with E-state index in [2.05, 4.69) is 0 Å². The van der Waals surface area contributed by atoms with Crippen molar-refractivity contribution >= 4 is 11.8 Å². The maximum atomic E-state index is 14.5. The molecule has 1 N–H and O–H groups in total. The van der Waals surface area contributed by atoms with E-state index in [9.17, 15) is 14.0 Å². The first-order valence-electron chi connectivity index (χ1n) is 8.88. The zero-order valence-corrected chi connectivity index (χ0v) is 14.5. The SMILES string of the molecule is O=C(O)CCN1CCC[C@H](C(=O)c2ccc(-c3ccccc3)c(F)c2)C1. The van der Waals surface area contributed by atoms with E-state index >= 15 is 0 Å². The molecule has 1 atom stereocenters. The largest absolute Gasteiger partial charge is 0.481 e. The molecule has 26 heavy (non-hydrogen) atoms. The van der Waals surface area contributed by atoms with E-state index in [4.69, 9.17) is 5.11 Å². The maximum Gasteiger partial charge on any atom is 0.304 e. The molecular weight excluding hydrogens is 333 g/mol. The Kier molecular flexibility index (Phi) is 5.78. The molecule has 1 fully saturated rings. The second kappa shape index (κ2) is 8.23. The van der Waals surface area contributed by atoms with Crippen LogP contribution >= 0.6 is 0 Å². The summed E-state index contributed by atoms with van der Waals surface area (Å²) in [6.07, 6.45) is 1.67. The first kappa shape index (κ1) is 18.3. The van der Waals surface area contributed by atoms with Gasteiger partial charge in [-0.05, 0) is 31.0 Å². The topological polar surface area (TPSA) is 57.6 Å². The Morgan fingerprint density at radius 2 is 1.92 bits per heavy atom. The van der Waals surface area contributed by atoms with Crippen LogP contribution in [-0.2, 0) is 4.79 Å². The molecule has 4 nitrogen and oxygen atoms in total. The van der Waals surface area contributed by atoms with E-state index in [1.807, 2.05) is 35.2 Å². The van der Waals surface area contributed by atoms with Crippen LogP contribution < -0.4 is 0 Å². The fourth-order valence-electron chi connectivity index (χ4n) is 3.48. The molecule has 1 saturated heterocycles. The number of carboxylic acids is 1. The molecule has 1 aliphatic heterocycles. The van der Waals surface area contributed by atoms with Crippen molar-refractivity contribution in [3.8, 4) is 11.1 Å². The Morgan fingerprint density at radius 3 is 2.62 bits per heavy atom. The summed E-state index contributed by atoms with van der Waals surface area (Å²) in [4.78, 5) is 25.5. The van der Waals surface area contributed by atoms with E-state index < -0.39 is 11.8 Å². The van der Waals surface area contributed by atoms with Crippen molar-refractivity contribution in [3.63, 3.8) is 0 Å². The number of nitrogens with zero attached hydrogens (tertiary/aromatic N) is 1. The summed E-state index contributed by atoms with van der Waals surface area (Å²) in [6, 6.07) is 13.9. The molecule has 1 aliphatic rings. The highest BCUT2D eigenvalue weighted by atomic mass is 19.1. The zero-order chi connectivity index (χ0) is 18.5. The van der Waals surface area contributed by atoms with E-state index in [-0.39, 0.29) is 18.1 Å². The lowest BCUT2D eigenvalue weighted by Crippen LogP contribution is -2.39. The number of carbonyl (C=O) groups excluding carboxylic acids is 1. The van der Waals surface area contributed by atoms with Gasteiger partial charge in [0.15, 0.2) is 5.78 Å². The molecule has 0 spiro atoms. The van der Waals surface area contributed by atoms with Crippen molar-refractivity contribution in [2.45, 2.75) is 19.3 Å². The Balaban J connectivity index is 1.71. The van der Waals surface area contributed by atoms with Crippen molar-refractivity contribution in [1.82, 2.24) is 4.90 Å². The number of carbonyl (C=O) groups is 2. The number of likely N-dealkylation sites (tertiary alicyclic amines) is 1. The van der Waals surface area contributed by atoms with Gasteiger partial charge in [0.25, 0.3) is 0 Å². The Morgan fingerprint density at radius 1 is 1.15 bits per heavy atom. The smallest absolute Gasteiger partial charge is 0.304 e. The molecule has 0 radical (unpaired) electrons. The van der Waals surface area contributed by atoms with Crippen LogP contribution in [0.3, 0.4) is 0 Å². The molecule has 2 aromatic rings. The van der Waals surface area contributed by atoms with Crippen molar-refractivity contribution < 1.29 is 19.1 Å². The van der Waals surface area contributed by atoms with E-state index in [0.717, 1.165) is 24.9 Å². The summed E-state index contributed by atoms with van der Waals surface area (Å²) in [6.45, 7) is 1.78. The highest BCUT2D eigenvalue weighted by Crippen LogP contribution is 2.26. The summed E-state index contributed by atoms with van der Waals surface area (Å²) >= 11 is 0. The Bertz CT molecular complexity index is 791. The minimum Gasteiger partial charge on any atom is -0.481 e. The number of rotatable bonds is 6. The third kappa shape index (κ3) is 4.35. The van der Waals surface area contributed by atoms with Gasteiger partial charge in [-0.3, -0.25) is 9.59 Å². The monoisotopic (exact) mass is 355 g/mol. The lowest BCUT2D eigenvalue weighted by molar-refractivity contribution is -0.137. The van der Waals surface area contributed by atoms with Gasteiger partial charge in [-0.15, -0.1) is 0 Å². The maximum absolute atomic E-state index is 14.5. The average molecular weight is 355 g/mol. The molecule has 0 bridgehead atoms. The fourth-order valence-corrected chi connectivity index (χ4v) is 3.48. The number of Topliss-reactive ketones (excluding diaryl/α,β-unsaturated/α-hetero) is 1. The van der Waals surface area contributed by atoms with Gasteiger partial charge in [0, 0.05) is 30.1 Å². The minimum absolute atomic E-state index is 0.0662. The molecule has 0 aromatic heterocycles. The number of ketones is 1. The van der Waals surface area contributed by atoms with Crippen molar-refractivity contribution in [2.24, 2.45) is 5.92 Å². The van der Waals surface area contributed by atoms with E-state index in [1.54, 1.807) is 12.1 Å². The van der Waals surface area contributed by atoms with Crippen LogP contribution in [-0.4, -0.2) is 41.4 Å². The van der Waals surface area contributed by atoms with Crippen LogP contribution in [0.4, 0.5) is 4.39 Å². The van der Waals surface area contributed by atoms with Gasteiger partial charge < -0.3 is 10.0 Å². The minimum atomic E-state index is -0.836. The van der Waals surface area contributed by atoms with Gasteiger partial charge in [-0.1, -0.05) is 42.5 Å². The second-order valence-electron chi connectivity index (χ2n) is 6.71. The summed E-state index contributed by atoms with van der Waals surface area (Å²) in [7, 11) is 0.